The number of amidine groups is 1. The molecular weight excluding hydrogens is 468 g/mol. The molecule has 6 nitrogen and oxygen atoms in total. The number of hydrogen-bond donors (Lipinski definition) is 3. The lowest BCUT2D eigenvalue weighted by atomic mass is 10.1. The zero-order chi connectivity index (χ0) is 22.9. The molecule has 0 bridgehead atoms. The van der Waals surface area contributed by atoms with Gasteiger partial charge in [0.05, 0.1) is 5.70 Å². The van der Waals surface area contributed by atoms with Gasteiger partial charge in [-0.15, -0.1) is 0 Å². The minimum absolute atomic E-state index is 0.00767. The first-order valence-corrected chi connectivity index (χ1v) is 12.2. The SMILES string of the molecule is C/C=C(/c1ccc(C(=O)NC2CC2)cc1)N1C=C(Br)NC(=NCCCCO)/C1=C\CCC. The first kappa shape index (κ1) is 24.3. The summed E-state index contributed by atoms with van der Waals surface area (Å²) in [6.45, 7) is 5.01. The molecule has 3 N–H and O–H groups in total. The number of nitrogens with zero attached hydrogens (tertiary/aromatic N) is 2. The van der Waals surface area contributed by atoms with E-state index in [0.717, 1.165) is 65.9 Å². The van der Waals surface area contributed by atoms with Crippen LogP contribution in [0, 0.1) is 0 Å². The zero-order valence-corrected chi connectivity index (χ0v) is 20.5. The average Bonchev–Trinajstić information content (AvgIpc) is 3.61. The molecule has 172 valence electrons. The molecule has 2 aliphatic rings. The zero-order valence-electron chi connectivity index (χ0n) is 18.9. The van der Waals surface area contributed by atoms with Crippen LogP contribution in [0.2, 0.25) is 0 Å². The number of aliphatic hydroxyl groups excluding tert-OH is 1. The molecule has 1 aromatic carbocycles. The van der Waals surface area contributed by atoms with Crippen LogP contribution in [0.1, 0.15) is 68.3 Å². The van der Waals surface area contributed by atoms with Crippen molar-refractivity contribution in [1.82, 2.24) is 15.5 Å². The molecule has 0 aromatic heterocycles. The Balaban J connectivity index is 1.86. The van der Waals surface area contributed by atoms with Gasteiger partial charge >= 0.3 is 0 Å². The number of aliphatic hydroxyl groups is 1. The summed E-state index contributed by atoms with van der Waals surface area (Å²) in [6, 6.07) is 8.11. The molecule has 0 spiro atoms. The van der Waals surface area contributed by atoms with Gasteiger partial charge in [-0.2, -0.15) is 0 Å². The van der Waals surface area contributed by atoms with Crippen LogP contribution in [0.25, 0.3) is 5.70 Å². The lowest BCUT2D eigenvalue weighted by Gasteiger charge is -2.32. The number of aliphatic imine (C=N–C) groups is 1. The van der Waals surface area contributed by atoms with Crippen LogP contribution in [0.15, 0.2) is 57.9 Å². The standard InChI is InChI=1S/C25H33BrN4O2/c1-3-5-8-22-24(27-15-6-7-16-31)29-23(26)17-30(22)21(4-2)18-9-11-19(12-10-18)25(32)28-20-13-14-20/h4,8-12,17,20,31H,3,5-7,13-16H2,1-2H3,(H,27,29)(H,28,32)/b21-4-,22-8+. The van der Waals surface area contributed by atoms with E-state index in [1.54, 1.807) is 0 Å². The maximum absolute atomic E-state index is 12.4. The van der Waals surface area contributed by atoms with E-state index >= 15 is 0 Å². The lowest BCUT2D eigenvalue weighted by molar-refractivity contribution is 0.0951. The first-order chi connectivity index (χ1) is 15.6. The van der Waals surface area contributed by atoms with Gasteiger partial charge in [-0.05, 0) is 72.7 Å². The number of allylic oxidation sites excluding steroid dienone is 2. The Bertz CT molecular complexity index is 914. The second kappa shape index (κ2) is 12.0. The monoisotopic (exact) mass is 500 g/mol. The summed E-state index contributed by atoms with van der Waals surface area (Å²) in [5.41, 5.74) is 3.72. The normalized spacial score (nSPS) is 19.2. The maximum Gasteiger partial charge on any atom is 0.251 e. The molecule has 3 rings (SSSR count). The van der Waals surface area contributed by atoms with Gasteiger partial charge in [0.25, 0.3) is 5.91 Å². The summed E-state index contributed by atoms with van der Waals surface area (Å²) in [6.07, 6.45) is 12.0. The Hall–Kier alpha value is -2.38. The highest BCUT2D eigenvalue weighted by molar-refractivity contribution is 9.11. The highest BCUT2D eigenvalue weighted by atomic mass is 79.9. The number of benzene rings is 1. The topological polar surface area (TPSA) is 77.0 Å². The number of hydrogen-bond acceptors (Lipinski definition) is 4. The smallest absolute Gasteiger partial charge is 0.251 e. The van der Waals surface area contributed by atoms with E-state index in [1.807, 2.05) is 37.4 Å². The number of carbonyl (C=O) groups excluding carboxylic acids is 1. The largest absolute Gasteiger partial charge is 0.396 e. The molecule has 1 fully saturated rings. The Morgan fingerprint density at radius 1 is 1.28 bits per heavy atom. The predicted octanol–water partition coefficient (Wildman–Crippen LogP) is 4.89. The summed E-state index contributed by atoms with van der Waals surface area (Å²) in [5, 5.41) is 15.4. The number of unbranched alkanes of at least 4 members (excludes halogenated alkanes) is 2. The van der Waals surface area contributed by atoms with Crippen molar-refractivity contribution < 1.29 is 9.90 Å². The van der Waals surface area contributed by atoms with Crippen LogP contribution in [0.4, 0.5) is 0 Å². The number of carbonyl (C=O) groups is 1. The molecule has 1 aliphatic carbocycles. The van der Waals surface area contributed by atoms with Crippen molar-refractivity contribution in [3.05, 3.63) is 64.0 Å². The highest BCUT2D eigenvalue weighted by Crippen LogP contribution is 2.30. The van der Waals surface area contributed by atoms with E-state index in [4.69, 9.17) is 10.1 Å². The fourth-order valence-corrected chi connectivity index (χ4v) is 3.84. The molecule has 1 saturated carbocycles. The average molecular weight is 501 g/mol. The molecular formula is C25H33BrN4O2. The van der Waals surface area contributed by atoms with Gasteiger partial charge in [-0.25, -0.2) is 0 Å². The molecule has 0 saturated heterocycles. The number of amides is 1. The minimum atomic E-state index is -0.00767. The Morgan fingerprint density at radius 3 is 2.62 bits per heavy atom. The van der Waals surface area contributed by atoms with E-state index in [2.05, 4.69) is 50.5 Å². The summed E-state index contributed by atoms with van der Waals surface area (Å²) < 4.78 is 0.826. The minimum Gasteiger partial charge on any atom is -0.396 e. The Labute approximate surface area is 199 Å². The third-order valence-electron chi connectivity index (χ3n) is 5.33. The van der Waals surface area contributed by atoms with Gasteiger partial charge in [-0.3, -0.25) is 9.79 Å². The maximum atomic E-state index is 12.4. The van der Waals surface area contributed by atoms with Crippen molar-refractivity contribution in [1.29, 1.82) is 0 Å². The van der Waals surface area contributed by atoms with Crippen LogP contribution in [0.3, 0.4) is 0 Å². The van der Waals surface area contributed by atoms with Crippen LogP contribution in [-0.4, -0.2) is 40.9 Å². The molecule has 7 heteroatoms. The van der Waals surface area contributed by atoms with Gasteiger partial charge in [-0.1, -0.05) is 37.6 Å². The number of halogens is 1. The number of nitrogens with one attached hydrogen (secondary N) is 2. The summed E-state index contributed by atoms with van der Waals surface area (Å²) >= 11 is 3.60. The van der Waals surface area contributed by atoms with Crippen LogP contribution < -0.4 is 10.6 Å². The van der Waals surface area contributed by atoms with Crippen molar-refractivity contribution in [2.24, 2.45) is 4.99 Å². The molecule has 0 atom stereocenters. The van der Waals surface area contributed by atoms with Gasteiger partial charge in [0.2, 0.25) is 0 Å². The fraction of sp³-hybridized carbons (Fsp3) is 0.440. The fourth-order valence-electron chi connectivity index (χ4n) is 3.45. The third-order valence-corrected chi connectivity index (χ3v) is 5.74. The van der Waals surface area contributed by atoms with Gasteiger partial charge in [0, 0.05) is 36.7 Å². The molecule has 0 radical (unpaired) electrons. The van der Waals surface area contributed by atoms with E-state index in [0.29, 0.717) is 18.2 Å². The van der Waals surface area contributed by atoms with E-state index in [1.165, 1.54) is 0 Å². The summed E-state index contributed by atoms with van der Waals surface area (Å²) in [4.78, 5) is 19.3. The van der Waals surface area contributed by atoms with E-state index < -0.39 is 0 Å². The van der Waals surface area contributed by atoms with Gasteiger partial charge in [0.15, 0.2) is 0 Å². The molecule has 32 heavy (non-hydrogen) atoms. The molecule has 1 amide bonds. The Kier molecular flexibility index (Phi) is 9.11. The van der Waals surface area contributed by atoms with Crippen molar-refractivity contribution in [2.75, 3.05) is 13.2 Å². The second-order valence-corrected chi connectivity index (χ2v) is 8.86. The van der Waals surface area contributed by atoms with E-state index in [-0.39, 0.29) is 12.5 Å². The summed E-state index contributed by atoms with van der Waals surface area (Å²) in [5.74, 6) is 0.803. The molecule has 1 aliphatic heterocycles. The van der Waals surface area contributed by atoms with Crippen LogP contribution in [-0.2, 0) is 0 Å². The quantitative estimate of drug-likeness (QED) is 0.315. The third kappa shape index (κ3) is 6.56. The Morgan fingerprint density at radius 2 is 2.00 bits per heavy atom. The predicted molar refractivity (Wildman–Crippen MR) is 134 cm³/mol. The van der Waals surface area contributed by atoms with Crippen LogP contribution in [0.5, 0.6) is 0 Å². The first-order valence-electron chi connectivity index (χ1n) is 11.4. The van der Waals surface area contributed by atoms with Crippen LogP contribution >= 0.6 is 15.9 Å². The van der Waals surface area contributed by atoms with Crippen molar-refractivity contribution >= 4 is 33.4 Å². The van der Waals surface area contributed by atoms with Gasteiger partial charge < -0.3 is 20.6 Å². The summed E-state index contributed by atoms with van der Waals surface area (Å²) in [7, 11) is 0. The molecule has 1 heterocycles. The second-order valence-electron chi connectivity index (χ2n) is 8.01. The number of rotatable bonds is 10. The van der Waals surface area contributed by atoms with Gasteiger partial charge in [0.1, 0.15) is 10.4 Å². The molecule has 0 unspecified atom stereocenters. The van der Waals surface area contributed by atoms with E-state index in [9.17, 15) is 4.79 Å². The van der Waals surface area contributed by atoms with Crippen molar-refractivity contribution in [2.45, 2.75) is 58.4 Å². The molecule has 1 aromatic rings. The lowest BCUT2D eigenvalue weighted by Crippen LogP contribution is -2.36. The highest BCUT2D eigenvalue weighted by Gasteiger charge is 2.25. The van der Waals surface area contributed by atoms with Crippen molar-refractivity contribution in [3.63, 3.8) is 0 Å². The van der Waals surface area contributed by atoms with Crippen molar-refractivity contribution in [3.8, 4) is 0 Å².